The Kier molecular flexibility index (Phi) is 5.84. The fraction of sp³-hybridized carbons (Fsp3) is 0.938. The third-order valence-electron chi connectivity index (χ3n) is 4.02. The largest absolute Gasteiger partial charge is 0.342 e. The van der Waals surface area contributed by atoms with Crippen LogP contribution in [-0.4, -0.2) is 11.6 Å². The van der Waals surface area contributed by atoms with Crippen molar-refractivity contribution >= 4 is 5.97 Å². The lowest BCUT2D eigenvalue weighted by molar-refractivity contribution is -0.338. The van der Waals surface area contributed by atoms with Crippen LogP contribution >= 0.6 is 0 Å². The Morgan fingerprint density at radius 2 is 1.63 bits per heavy atom. The molecule has 0 bridgehead atoms. The molecule has 0 aliphatic heterocycles. The monoisotopic (exact) mass is 270 g/mol. The van der Waals surface area contributed by atoms with Crippen LogP contribution in [0.25, 0.3) is 0 Å². The first-order chi connectivity index (χ1) is 8.71. The molecule has 0 atom stereocenters. The van der Waals surface area contributed by atoms with Crippen LogP contribution in [0.3, 0.4) is 0 Å². The van der Waals surface area contributed by atoms with E-state index in [9.17, 15) is 4.79 Å². The molecule has 0 spiro atoms. The number of hydrogen-bond acceptors (Lipinski definition) is 3. The van der Waals surface area contributed by atoms with Gasteiger partial charge in [-0.25, -0.2) is 4.79 Å². The van der Waals surface area contributed by atoms with Crippen LogP contribution in [0, 0.1) is 11.3 Å². The first-order valence-corrected chi connectivity index (χ1v) is 7.59. The zero-order valence-corrected chi connectivity index (χ0v) is 13.3. The minimum atomic E-state index is -0.363. The maximum atomic E-state index is 11.7. The van der Waals surface area contributed by atoms with Crippen molar-refractivity contribution in [2.24, 2.45) is 11.3 Å². The fourth-order valence-corrected chi connectivity index (χ4v) is 2.54. The molecule has 0 amide bonds. The van der Waals surface area contributed by atoms with Crippen molar-refractivity contribution in [3.8, 4) is 0 Å². The summed E-state index contributed by atoms with van der Waals surface area (Å²) in [5.74, 6) is 0.246. The summed E-state index contributed by atoms with van der Waals surface area (Å²) in [7, 11) is 0. The van der Waals surface area contributed by atoms with E-state index in [4.69, 9.17) is 9.78 Å². The second-order valence-corrected chi connectivity index (χ2v) is 7.54. The third-order valence-corrected chi connectivity index (χ3v) is 4.02. The Labute approximate surface area is 118 Å². The van der Waals surface area contributed by atoms with Crippen molar-refractivity contribution < 1.29 is 14.6 Å². The minimum absolute atomic E-state index is 0.151. The van der Waals surface area contributed by atoms with Crippen molar-refractivity contribution in [3.05, 3.63) is 0 Å². The molecule has 112 valence electrons. The SMILES string of the molecule is CC(C)(C)CCC(=O)OOC(C)(C)C1CCCCC1. The maximum Gasteiger partial charge on any atom is 0.342 e. The highest BCUT2D eigenvalue weighted by Gasteiger charge is 2.34. The molecule has 1 fully saturated rings. The Morgan fingerprint density at radius 3 is 2.16 bits per heavy atom. The normalized spacial score (nSPS) is 18.4. The molecule has 0 aromatic heterocycles. The molecule has 0 N–H and O–H groups in total. The molecule has 3 nitrogen and oxygen atoms in total. The van der Waals surface area contributed by atoms with Gasteiger partial charge < -0.3 is 0 Å². The van der Waals surface area contributed by atoms with Crippen LogP contribution in [0.5, 0.6) is 0 Å². The van der Waals surface area contributed by atoms with E-state index in [0.29, 0.717) is 12.3 Å². The molecule has 1 aliphatic rings. The van der Waals surface area contributed by atoms with Gasteiger partial charge in [0.15, 0.2) is 0 Å². The van der Waals surface area contributed by atoms with Crippen molar-refractivity contribution in [3.63, 3.8) is 0 Å². The molecule has 1 aliphatic carbocycles. The van der Waals surface area contributed by atoms with Gasteiger partial charge in [0.2, 0.25) is 0 Å². The first-order valence-electron chi connectivity index (χ1n) is 7.59. The van der Waals surface area contributed by atoms with Gasteiger partial charge >= 0.3 is 5.97 Å². The minimum Gasteiger partial charge on any atom is -0.298 e. The quantitative estimate of drug-likeness (QED) is 0.539. The Bertz CT molecular complexity index is 283. The van der Waals surface area contributed by atoms with Crippen LogP contribution in [0.2, 0.25) is 0 Å². The molecule has 0 heterocycles. The topological polar surface area (TPSA) is 35.5 Å². The molecule has 3 heteroatoms. The average molecular weight is 270 g/mol. The zero-order chi connectivity index (χ0) is 14.5. The fourth-order valence-electron chi connectivity index (χ4n) is 2.54. The van der Waals surface area contributed by atoms with Gasteiger partial charge in [0, 0.05) is 6.42 Å². The molecule has 0 radical (unpaired) electrons. The van der Waals surface area contributed by atoms with E-state index in [1.165, 1.54) is 32.1 Å². The Balaban J connectivity index is 2.31. The van der Waals surface area contributed by atoms with Gasteiger partial charge in [0.05, 0.1) is 0 Å². The smallest absolute Gasteiger partial charge is 0.298 e. The van der Waals surface area contributed by atoms with Crippen molar-refractivity contribution in [1.29, 1.82) is 0 Å². The highest BCUT2D eigenvalue weighted by molar-refractivity contribution is 5.68. The van der Waals surface area contributed by atoms with Crippen LogP contribution in [0.15, 0.2) is 0 Å². The standard InChI is InChI=1S/C16H30O3/c1-15(2,3)12-11-14(17)18-19-16(4,5)13-9-7-6-8-10-13/h13H,6-12H2,1-5H3. The molecule has 0 saturated heterocycles. The van der Waals surface area contributed by atoms with E-state index in [2.05, 4.69) is 20.8 Å². The van der Waals surface area contributed by atoms with Gasteiger partial charge in [-0.2, -0.15) is 4.89 Å². The van der Waals surface area contributed by atoms with Crippen molar-refractivity contribution in [1.82, 2.24) is 0 Å². The molecule has 19 heavy (non-hydrogen) atoms. The summed E-state index contributed by atoms with van der Waals surface area (Å²) in [5.41, 5.74) is -0.213. The first kappa shape index (κ1) is 16.5. The van der Waals surface area contributed by atoms with E-state index >= 15 is 0 Å². The van der Waals surface area contributed by atoms with Gasteiger partial charge in [-0.3, -0.25) is 4.89 Å². The lowest BCUT2D eigenvalue weighted by atomic mass is 9.79. The number of carbonyl (C=O) groups is 1. The molecule has 1 saturated carbocycles. The highest BCUT2D eigenvalue weighted by Crippen LogP contribution is 2.35. The van der Waals surface area contributed by atoms with Crippen LogP contribution in [0.4, 0.5) is 0 Å². The van der Waals surface area contributed by atoms with E-state index in [-0.39, 0.29) is 17.0 Å². The highest BCUT2D eigenvalue weighted by atomic mass is 17.2. The Hall–Kier alpha value is -0.570. The summed E-state index contributed by atoms with van der Waals surface area (Å²) in [6.45, 7) is 10.4. The van der Waals surface area contributed by atoms with Gasteiger partial charge in [0.25, 0.3) is 0 Å². The van der Waals surface area contributed by atoms with Gasteiger partial charge in [-0.05, 0) is 44.4 Å². The van der Waals surface area contributed by atoms with Crippen LogP contribution < -0.4 is 0 Å². The number of hydrogen-bond donors (Lipinski definition) is 0. The van der Waals surface area contributed by atoms with Crippen molar-refractivity contribution in [2.45, 2.75) is 85.2 Å². The second kappa shape index (κ2) is 6.74. The third kappa shape index (κ3) is 6.42. The predicted octanol–water partition coefficient (Wildman–Crippen LogP) is 4.65. The number of rotatable bonds is 5. The summed E-state index contributed by atoms with van der Waals surface area (Å²) >= 11 is 0. The summed E-state index contributed by atoms with van der Waals surface area (Å²) in [6, 6.07) is 0. The van der Waals surface area contributed by atoms with Gasteiger partial charge in [-0.1, -0.05) is 40.0 Å². The van der Waals surface area contributed by atoms with Crippen LogP contribution in [-0.2, 0) is 14.6 Å². The predicted molar refractivity (Wildman–Crippen MR) is 76.5 cm³/mol. The average Bonchev–Trinajstić information content (AvgIpc) is 2.34. The summed E-state index contributed by atoms with van der Waals surface area (Å²) in [5, 5.41) is 0. The number of carbonyl (C=O) groups excluding carboxylic acids is 1. The molecular formula is C16H30O3. The summed E-state index contributed by atoms with van der Waals surface area (Å²) in [6.07, 6.45) is 7.42. The molecule has 1 rings (SSSR count). The molecular weight excluding hydrogens is 240 g/mol. The van der Waals surface area contributed by atoms with Crippen molar-refractivity contribution in [2.75, 3.05) is 0 Å². The van der Waals surface area contributed by atoms with E-state index in [0.717, 1.165) is 6.42 Å². The zero-order valence-electron chi connectivity index (χ0n) is 13.3. The lowest BCUT2D eigenvalue weighted by Crippen LogP contribution is -2.36. The van der Waals surface area contributed by atoms with Gasteiger partial charge in [-0.15, -0.1) is 0 Å². The van der Waals surface area contributed by atoms with E-state index in [1.54, 1.807) is 0 Å². The summed E-state index contributed by atoms with van der Waals surface area (Å²) in [4.78, 5) is 22.1. The van der Waals surface area contributed by atoms with E-state index in [1.807, 2.05) is 13.8 Å². The lowest BCUT2D eigenvalue weighted by Gasteiger charge is -2.34. The molecule has 0 unspecified atom stereocenters. The molecule has 0 aromatic rings. The second-order valence-electron chi connectivity index (χ2n) is 7.54. The summed E-state index contributed by atoms with van der Waals surface area (Å²) < 4.78 is 0. The van der Waals surface area contributed by atoms with Gasteiger partial charge in [0.1, 0.15) is 5.60 Å². The molecule has 0 aromatic carbocycles. The van der Waals surface area contributed by atoms with Crippen LogP contribution in [0.1, 0.15) is 79.6 Å². The maximum absolute atomic E-state index is 11.7. The van der Waals surface area contributed by atoms with E-state index < -0.39 is 0 Å². The Morgan fingerprint density at radius 1 is 1.05 bits per heavy atom.